The summed E-state index contributed by atoms with van der Waals surface area (Å²) in [7, 11) is 0. The van der Waals surface area contributed by atoms with Gasteiger partial charge in [-0.1, -0.05) is 6.92 Å². The van der Waals surface area contributed by atoms with Crippen molar-refractivity contribution in [3.8, 4) is 0 Å². The number of hydrogen-bond donors (Lipinski definition) is 2. The van der Waals surface area contributed by atoms with Gasteiger partial charge in [0.15, 0.2) is 5.13 Å². The van der Waals surface area contributed by atoms with Crippen LogP contribution in [0.5, 0.6) is 0 Å². The van der Waals surface area contributed by atoms with Crippen LogP contribution in [0, 0.1) is 0 Å². The molecule has 1 rings (SSSR count). The maximum Gasteiger partial charge on any atom is 0.305 e. The van der Waals surface area contributed by atoms with E-state index in [0.717, 1.165) is 17.2 Å². The van der Waals surface area contributed by atoms with Crippen molar-refractivity contribution in [2.24, 2.45) is 0 Å². The average molecular weight is 228 g/mol. The van der Waals surface area contributed by atoms with E-state index in [-0.39, 0.29) is 6.42 Å². The van der Waals surface area contributed by atoms with Crippen molar-refractivity contribution in [1.82, 2.24) is 4.98 Å². The fourth-order valence-electron chi connectivity index (χ4n) is 1.24. The van der Waals surface area contributed by atoms with Gasteiger partial charge in [-0.25, -0.2) is 4.98 Å². The zero-order valence-corrected chi connectivity index (χ0v) is 10.0. The van der Waals surface area contributed by atoms with E-state index in [0.29, 0.717) is 0 Å². The molecule has 2 N–H and O–H groups in total. The maximum atomic E-state index is 10.6. The lowest BCUT2D eigenvalue weighted by Gasteiger charge is -2.23. The van der Waals surface area contributed by atoms with Crippen LogP contribution in [0.4, 0.5) is 5.13 Å². The molecule has 5 heteroatoms. The van der Waals surface area contributed by atoms with Crippen LogP contribution in [0.15, 0.2) is 5.38 Å². The van der Waals surface area contributed by atoms with E-state index in [1.54, 1.807) is 0 Å². The monoisotopic (exact) mass is 228 g/mol. The molecule has 0 aliphatic heterocycles. The summed E-state index contributed by atoms with van der Waals surface area (Å²) in [5.74, 6) is -0.806. The van der Waals surface area contributed by atoms with Gasteiger partial charge >= 0.3 is 5.97 Å². The van der Waals surface area contributed by atoms with Crippen molar-refractivity contribution in [2.75, 3.05) is 5.32 Å². The van der Waals surface area contributed by atoms with Crippen molar-refractivity contribution in [3.05, 3.63) is 11.1 Å². The molecule has 0 saturated heterocycles. The quantitative estimate of drug-likeness (QED) is 0.812. The molecule has 0 radical (unpaired) electrons. The first-order chi connectivity index (χ1) is 6.93. The summed E-state index contributed by atoms with van der Waals surface area (Å²) in [6.45, 7) is 5.75. The molecule has 84 valence electrons. The topological polar surface area (TPSA) is 62.2 Å². The first-order valence-electron chi connectivity index (χ1n) is 4.87. The second-order valence-electron chi connectivity index (χ2n) is 4.08. The fraction of sp³-hybridized carbons (Fsp3) is 0.600. The summed E-state index contributed by atoms with van der Waals surface area (Å²) in [5, 5.41) is 14.6. The number of anilines is 1. The largest absolute Gasteiger partial charge is 0.481 e. The molecule has 0 fully saturated rings. The Morgan fingerprint density at radius 3 is 2.80 bits per heavy atom. The lowest BCUT2D eigenvalue weighted by atomic mass is 10.0. The highest BCUT2D eigenvalue weighted by atomic mass is 32.1. The van der Waals surface area contributed by atoms with E-state index in [4.69, 9.17) is 5.11 Å². The number of aromatic nitrogens is 1. The van der Waals surface area contributed by atoms with Gasteiger partial charge in [-0.3, -0.25) is 4.79 Å². The molecule has 1 heterocycles. The van der Waals surface area contributed by atoms with Crippen LogP contribution in [0.2, 0.25) is 0 Å². The van der Waals surface area contributed by atoms with E-state index in [1.807, 2.05) is 26.2 Å². The van der Waals surface area contributed by atoms with Gasteiger partial charge < -0.3 is 10.4 Å². The summed E-state index contributed by atoms with van der Waals surface area (Å²) in [4.78, 5) is 14.9. The second-order valence-corrected chi connectivity index (χ2v) is 4.94. The van der Waals surface area contributed by atoms with Crippen LogP contribution in [0.25, 0.3) is 0 Å². The van der Waals surface area contributed by atoms with Crippen molar-refractivity contribution < 1.29 is 9.90 Å². The summed E-state index contributed by atoms with van der Waals surface area (Å²) >= 11 is 1.51. The van der Waals surface area contributed by atoms with Crippen LogP contribution < -0.4 is 5.32 Å². The summed E-state index contributed by atoms with van der Waals surface area (Å²) in [6, 6.07) is 0. The molecule has 4 nitrogen and oxygen atoms in total. The summed E-state index contributed by atoms with van der Waals surface area (Å²) in [5.41, 5.74) is 0.572. The molecule has 0 atom stereocenters. The normalized spacial score (nSPS) is 11.4. The number of rotatable bonds is 5. The standard InChI is InChI=1S/C10H16N2O2S/c1-4-7-6-15-9(11-7)12-10(2,3)5-8(13)14/h6H,4-5H2,1-3H3,(H,11,12)(H,13,14). The highest BCUT2D eigenvalue weighted by Gasteiger charge is 2.22. The minimum absolute atomic E-state index is 0.0774. The van der Waals surface area contributed by atoms with Crippen LogP contribution in [-0.2, 0) is 11.2 Å². The molecule has 0 spiro atoms. The lowest BCUT2D eigenvalue weighted by molar-refractivity contribution is -0.137. The number of nitrogens with zero attached hydrogens (tertiary/aromatic N) is 1. The Kier molecular flexibility index (Phi) is 3.68. The van der Waals surface area contributed by atoms with E-state index >= 15 is 0 Å². The molecular formula is C10H16N2O2S. The highest BCUT2D eigenvalue weighted by molar-refractivity contribution is 7.13. The highest BCUT2D eigenvalue weighted by Crippen LogP contribution is 2.22. The van der Waals surface area contributed by atoms with Crippen LogP contribution in [0.1, 0.15) is 32.9 Å². The SMILES string of the molecule is CCc1csc(NC(C)(C)CC(=O)O)n1. The molecule has 15 heavy (non-hydrogen) atoms. The van der Waals surface area contributed by atoms with Crippen molar-refractivity contribution in [1.29, 1.82) is 0 Å². The first-order valence-corrected chi connectivity index (χ1v) is 5.75. The zero-order valence-electron chi connectivity index (χ0n) is 9.20. The number of carboxylic acids is 1. The third kappa shape index (κ3) is 3.87. The average Bonchev–Trinajstić information content (AvgIpc) is 2.48. The van der Waals surface area contributed by atoms with Crippen LogP contribution in [0.3, 0.4) is 0 Å². The molecule has 0 bridgehead atoms. The third-order valence-electron chi connectivity index (χ3n) is 1.95. The Labute approximate surface area is 93.4 Å². The number of aryl methyl sites for hydroxylation is 1. The second kappa shape index (κ2) is 4.61. The predicted molar refractivity (Wildman–Crippen MR) is 61.4 cm³/mol. The Hall–Kier alpha value is -1.10. The summed E-state index contributed by atoms with van der Waals surface area (Å²) < 4.78 is 0. The van der Waals surface area contributed by atoms with E-state index in [9.17, 15) is 4.79 Å². The van der Waals surface area contributed by atoms with E-state index < -0.39 is 11.5 Å². The molecule has 0 aromatic carbocycles. The smallest absolute Gasteiger partial charge is 0.305 e. The van der Waals surface area contributed by atoms with Crippen molar-refractivity contribution >= 4 is 22.4 Å². The number of nitrogens with one attached hydrogen (secondary N) is 1. The van der Waals surface area contributed by atoms with Crippen molar-refractivity contribution in [2.45, 2.75) is 39.2 Å². The molecule has 1 aromatic rings. The summed E-state index contributed by atoms with van der Waals surface area (Å²) in [6.07, 6.45) is 0.978. The van der Waals surface area contributed by atoms with Gasteiger partial charge in [-0.05, 0) is 20.3 Å². The Balaban J connectivity index is 2.63. The Bertz CT molecular complexity index is 347. The number of thiazole rings is 1. The number of carbonyl (C=O) groups is 1. The third-order valence-corrected chi connectivity index (χ3v) is 2.76. The maximum absolute atomic E-state index is 10.6. The number of aliphatic carboxylic acids is 1. The van der Waals surface area contributed by atoms with Gasteiger partial charge in [-0.2, -0.15) is 0 Å². The molecule has 0 amide bonds. The van der Waals surface area contributed by atoms with Gasteiger partial charge in [0.25, 0.3) is 0 Å². The molecule has 0 unspecified atom stereocenters. The Morgan fingerprint density at radius 1 is 1.67 bits per heavy atom. The molecule has 1 aromatic heterocycles. The van der Waals surface area contributed by atoms with Gasteiger partial charge in [0.1, 0.15) is 0 Å². The van der Waals surface area contributed by atoms with Crippen molar-refractivity contribution in [3.63, 3.8) is 0 Å². The van der Waals surface area contributed by atoms with Crippen LogP contribution in [-0.4, -0.2) is 21.6 Å². The van der Waals surface area contributed by atoms with Gasteiger partial charge in [0.05, 0.1) is 12.1 Å². The molecule has 0 saturated carbocycles. The fourth-order valence-corrected chi connectivity index (χ4v) is 2.21. The van der Waals surface area contributed by atoms with Crippen LogP contribution >= 0.6 is 11.3 Å². The number of carboxylic acid groups (broad SMARTS) is 1. The van der Waals surface area contributed by atoms with Gasteiger partial charge in [0, 0.05) is 10.9 Å². The molecular weight excluding hydrogens is 212 g/mol. The Morgan fingerprint density at radius 2 is 2.33 bits per heavy atom. The first kappa shape index (κ1) is 12.0. The molecule has 0 aliphatic rings. The molecule has 0 aliphatic carbocycles. The van der Waals surface area contributed by atoms with E-state index in [1.165, 1.54) is 11.3 Å². The van der Waals surface area contributed by atoms with Gasteiger partial charge in [-0.15, -0.1) is 11.3 Å². The zero-order chi connectivity index (χ0) is 11.5. The minimum atomic E-state index is -0.806. The minimum Gasteiger partial charge on any atom is -0.481 e. The predicted octanol–water partition coefficient (Wildman–Crippen LogP) is 2.37. The number of hydrogen-bond acceptors (Lipinski definition) is 4. The van der Waals surface area contributed by atoms with Gasteiger partial charge in [0.2, 0.25) is 0 Å². The lowest BCUT2D eigenvalue weighted by Crippen LogP contribution is -2.33. The van der Waals surface area contributed by atoms with E-state index in [2.05, 4.69) is 10.3 Å².